The summed E-state index contributed by atoms with van der Waals surface area (Å²) in [6.45, 7) is 1.43. The van der Waals surface area contributed by atoms with Gasteiger partial charge >= 0.3 is 0 Å². The highest BCUT2D eigenvalue weighted by molar-refractivity contribution is 14.1. The van der Waals surface area contributed by atoms with Crippen molar-refractivity contribution in [1.29, 1.82) is 0 Å². The van der Waals surface area contributed by atoms with Gasteiger partial charge in [0.05, 0.1) is 5.52 Å². The van der Waals surface area contributed by atoms with Gasteiger partial charge in [-0.15, -0.1) is 12.4 Å². The first-order chi connectivity index (χ1) is 8.63. The van der Waals surface area contributed by atoms with Crippen LogP contribution in [-0.2, 0) is 0 Å². The fourth-order valence-corrected chi connectivity index (χ4v) is 2.20. The second-order valence-corrected chi connectivity index (χ2v) is 5.34. The Labute approximate surface area is 131 Å². The molecule has 0 saturated heterocycles. The summed E-state index contributed by atoms with van der Waals surface area (Å²) in [5.41, 5.74) is 1.38. The van der Waals surface area contributed by atoms with Crippen molar-refractivity contribution in [2.24, 2.45) is 0 Å². The Kier molecular flexibility index (Phi) is 6.02. The smallest absolute Gasteiger partial charge is 0.274 e. The third-order valence-electron chi connectivity index (χ3n) is 2.77. The van der Waals surface area contributed by atoms with E-state index in [9.17, 15) is 4.79 Å². The number of hydrogen-bond donors (Lipinski definition) is 2. The predicted octanol–water partition coefficient (Wildman–Crippen LogP) is 1.88. The first-order valence-corrected chi connectivity index (χ1v) is 6.75. The zero-order valence-corrected chi connectivity index (χ0v) is 13.7. The lowest BCUT2D eigenvalue weighted by molar-refractivity contribution is 0.0793. The molecule has 0 atom stereocenters. The summed E-state index contributed by atoms with van der Waals surface area (Å²) in [4.78, 5) is 13.9. The monoisotopic (exact) mass is 394 g/mol. The first-order valence-electron chi connectivity index (χ1n) is 5.67. The summed E-state index contributed by atoms with van der Waals surface area (Å²) >= 11 is 2.23. The number of hydrogen-bond acceptors (Lipinski definition) is 3. The van der Waals surface area contributed by atoms with E-state index in [4.69, 9.17) is 0 Å². The molecule has 2 N–H and O–H groups in total. The number of carbonyl (C=O) groups excluding carboxylic acids is 1. The Balaban J connectivity index is 0.00000180. The van der Waals surface area contributed by atoms with E-state index < -0.39 is 0 Å². The standard InChI is InChI=1S/C12H15IN4O.ClH/c1-14-5-6-17(2)12(18)11-9-7-8(13)3-4-10(9)15-16-11;/h3-4,7,14H,5-6H2,1-2H3,(H,15,16);1H. The molecule has 0 aliphatic heterocycles. The molecule has 0 unspecified atom stereocenters. The summed E-state index contributed by atoms with van der Waals surface area (Å²) in [5.74, 6) is -0.0569. The van der Waals surface area contributed by atoms with Gasteiger partial charge in [0.15, 0.2) is 5.69 Å². The highest BCUT2D eigenvalue weighted by atomic mass is 127. The summed E-state index contributed by atoms with van der Waals surface area (Å²) in [6.07, 6.45) is 0. The molecule has 0 bridgehead atoms. The van der Waals surface area contributed by atoms with Gasteiger partial charge in [-0.3, -0.25) is 9.89 Å². The molecule has 0 saturated carbocycles. The minimum atomic E-state index is -0.0569. The number of fused-ring (bicyclic) bond motifs is 1. The van der Waals surface area contributed by atoms with Crippen LogP contribution in [0.5, 0.6) is 0 Å². The Morgan fingerprint density at radius 2 is 2.26 bits per heavy atom. The number of H-pyrrole nitrogens is 1. The average Bonchev–Trinajstić information content (AvgIpc) is 2.77. The highest BCUT2D eigenvalue weighted by Crippen LogP contribution is 2.19. The van der Waals surface area contributed by atoms with E-state index in [-0.39, 0.29) is 18.3 Å². The fourth-order valence-electron chi connectivity index (χ4n) is 1.71. The number of rotatable bonds is 4. The van der Waals surface area contributed by atoms with E-state index in [0.717, 1.165) is 21.0 Å². The van der Waals surface area contributed by atoms with Crippen molar-refractivity contribution in [1.82, 2.24) is 20.4 Å². The normalized spacial score (nSPS) is 10.3. The Hall–Kier alpha value is -0.860. The van der Waals surface area contributed by atoms with Crippen LogP contribution in [0.25, 0.3) is 10.9 Å². The van der Waals surface area contributed by atoms with Crippen LogP contribution in [0.2, 0.25) is 0 Å². The number of aromatic amines is 1. The van der Waals surface area contributed by atoms with Crippen molar-refractivity contribution in [2.75, 3.05) is 27.2 Å². The molecule has 2 rings (SSSR count). The van der Waals surface area contributed by atoms with Crippen molar-refractivity contribution in [3.63, 3.8) is 0 Å². The second kappa shape index (κ2) is 7.06. The van der Waals surface area contributed by atoms with Gasteiger partial charge in [0.1, 0.15) is 0 Å². The number of nitrogens with one attached hydrogen (secondary N) is 2. The lowest BCUT2D eigenvalue weighted by Crippen LogP contribution is -2.33. The van der Waals surface area contributed by atoms with Crippen molar-refractivity contribution < 1.29 is 4.79 Å². The van der Waals surface area contributed by atoms with E-state index in [1.807, 2.05) is 25.2 Å². The molecule has 104 valence electrons. The number of benzene rings is 1. The molecular weight excluding hydrogens is 379 g/mol. The van der Waals surface area contributed by atoms with E-state index >= 15 is 0 Å². The number of aromatic nitrogens is 2. The second-order valence-electron chi connectivity index (χ2n) is 4.09. The molecular formula is C12H16ClIN4O. The number of halogens is 2. The number of likely N-dealkylation sites (N-methyl/N-ethyl adjacent to an activating group) is 2. The van der Waals surface area contributed by atoms with E-state index in [0.29, 0.717) is 12.2 Å². The number of nitrogens with zero attached hydrogens (tertiary/aromatic N) is 2. The average molecular weight is 395 g/mol. The van der Waals surface area contributed by atoms with Crippen LogP contribution < -0.4 is 5.32 Å². The molecule has 2 aromatic rings. The van der Waals surface area contributed by atoms with Crippen molar-refractivity contribution in [2.45, 2.75) is 0 Å². The first kappa shape index (κ1) is 16.2. The fraction of sp³-hybridized carbons (Fsp3) is 0.333. The molecule has 1 aromatic heterocycles. The summed E-state index contributed by atoms with van der Waals surface area (Å²) in [5, 5.41) is 10.9. The van der Waals surface area contributed by atoms with E-state index in [1.165, 1.54) is 0 Å². The molecule has 0 fully saturated rings. The molecule has 19 heavy (non-hydrogen) atoms. The van der Waals surface area contributed by atoms with Gasteiger partial charge in [-0.1, -0.05) is 0 Å². The largest absolute Gasteiger partial charge is 0.339 e. The van der Waals surface area contributed by atoms with E-state index in [1.54, 1.807) is 11.9 Å². The topological polar surface area (TPSA) is 61.0 Å². The van der Waals surface area contributed by atoms with Crippen LogP contribution in [0.1, 0.15) is 10.5 Å². The van der Waals surface area contributed by atoms with E-state index in [2.05, 4.69) is 38.1 Å². The summed E-state index contributed by atoms with van der Waals surface area (Å²) in [7, 11) is 3.65. The van der Waals surface area contributed by atoms with Crippen LogP contribution in [0.4, 0.5) is 0 Å². The molecule has 0 aliphatic rings. The van der Waals surface area contributed by atoms with Crippen LogP contribution >= 0.6 is 35.0 Å². The molecule has 0 aliphatic carbocycles. The maximum Gasteiger partial charge on any atom is 0.274 e. The van der Waals surface area contributed by atoms with Gasteiger partial charge in [-0.05, 0) is 47.8 Å². The third kappa shape index (κ3) is 3.58. The SMILES string of the molecule is CNCCN(C)C(=O)c1n[nH]c2ccc(I)cc12.Cl. The van der Waals surface area contributed by atoms with Gasteiger partial charge in [0.25, 0.3) is 5.91 Å². The molecule has 0 spiro atoms. The predicted molar refractivity (Wildman–Crippen MR) is 86.9 cm³/mol. The third-order valence-corrected chi connectivity index (χ3v) is 3.44. The molecule has 1 amide bonds. The number of carbonyl (C=O) groups is 1. The van der Waals surface area contributed by atoms with Crippen molar-refractivity contribution in [3.05, 3.63) is 27.5 Å². The van der Waals surface area contributed by atoms with Crippen molar-refractivity contribution >= 4 is 51.8 Å². The molecule has 7 heteroatoms. The lowest BCUT2D eigenvalue weighted by atomic mass is 10.2. The van der Waals surface area contributed by atoms with Crippen molar-refractivity contribution in [3.8, 4) is 0 Å². The maximum absolute atomic E-state index is 12.3. The van der Waals surface area contributed by atoms with Crippen LogP contribution in [0.15, 0.2) is 18.2 Å². The van der Waals surface area contributed by atoms with Crippen LogP contribution in [-0.4, -0.2) is 48.2 Å². The molecule has 1 aromatic carbocycles. The Bertz CT molecular complexity index is 572. The molecule has 1 heterocycles. The minimum absolute atomic E-state index is 0. The lowest BCUT2D eigenvalue weighted by Gasteiger charge is -2.15. The molecule has 0 radical (unpaired) electrons. The zero-order chi connectivity index (χ0) is 13.1. The van der Waals surface area contributed by atoms with Gasteiger partial charge in [0, 0.05) is 29.1 Å². The van der Waals surface area contributed by atoms with Gasteiger partial charge in [0.2, 0.25) is 0 Å². The summed E-state index contributed by atoms with van der Waals surface area (Å²) < 4.78 is 1.09. The maximum atomic E-state index is 12.3. The number of amides is 1. The summed E-state index contributed by atoms with van der Waals surface area (Å²) in [6, 6.07) is 5.90. The molecule has 5 nitrogen and oxygen atoms in total. The van der Waals surface area contributed by atoms with Gasteiger partial charge < -0.3 is 10.2 Å². The Morgan fingerprint density at radius 3 is 2.95 bits per heavy atom. The van der Waals surface area contributed by atoms with Gasteiger partial charge in [-0.25, -0.2) is 0 Å². The highest BCUT2D eigenvalue weighted by Gasteiger charge is 2.17. The van der Waals surface area contributed by atoms with Gasteiger partial charge in [-0.2, -0.15) is 5.10 Å². The minimum Gasteiger partial charge on any atom is -0.339 e. The quantitative estimate of drug-likeness (QED) is 0.779. The van der Waals surface area contributed by atoms with Crippen LogP contribution in [0, 0.1) is 3.57 Å². The zero-order valence-electron chi connectivity index (χ0n) is 10.7. The van der Waals surface area contributed by atoms with Crippen LogP contribution in [0.3, 0.4) is 0 Å². The Morgan fingerprint density at radius 1 is 1.53 bits per heavy atom.